The zero-order valence-electron chi connectivity index (χ0n) is 8.86. The van der Waals surface area contributed by atoms with Gasteiger partial charge in [-0.25, -0.2) is 0 Å². The SMILES string of the molecule is C/C=C\c1ccc(CC(=O)O)c(OC)c1. The van der Waals surface area contributed by atoms with Gasteiger partial charge in [-0.05, 0) is 18.6 Å². The second-order valence-electron chi connectivity index (χ2n) is 3.14. The van der Waals surface area contributed by atoms with Gasteiger partial charge in [0.2, 0.25) is 0 Å². The van der Waals surface area contributed by atoms with Crippen LogP contribution in [0.5, 0.6) is 5.75 Å². The van der Waals surface area contributed by atoms with Crippen LogP contribution in [0.4, 0.5) is 0 Å². The first kappa shape index (κ1) is 11.3. The van der Waals surface area contributed by atoms with E-state index in [0.29, 0.717) is 11.3 Å². The van der Waals surface area contributed by atoms with E-state index in [1.165, 1.54) is 0 Å². The van der Waals surface area contributed by atoms with E-state index in [-0.39, 0.29) is 6.42 Å². The van der Waals surface area contributed by atoms with E-state index >= 15 is 0 Å². The minimum Gasteiger partial charge on any atom is -0.496 e. The summed E-state index contributed by atoms with van der Waals surface area (Å²) in [6.45, 7) is 1.93. The molecule has 0 saturated heterocycles. The van der Waals surface area contributed by atoms with Crippen molar-refractivity contribution in [2.24, 2.45) is 0 Å². The number of hydrogen-bond donors (Lipinski definition) is 1. The third-order valence-electron chi connectivity index (χ3n) is 2.01. The summed E-state index contributed by atoms with van der Waals surface area (Å²) < 4.78 is 5.14. The molecule has 1 rings (SSSR count). The van der Waals surface area contributed by atoms with Crippen molar-refractivity contribution >= 4 is 12.0 Å². The van der Waals surface area contributed by atoms with Gasteiger partial charge in [-0.2, -0.15) is 0 Å². The lowest BCUT2D eigenvalue weighted by molar-refractivity contribution is -0.136. The number of aliphatic carboxylic acids is 1. The summed E-state index contributed by atoms with van der Waals surface area (Å²) in [5.41, 5.74) is 1.70. The molecule has 0 fully saturated rings. The van der Waals surface area contributed by atoms with Crippen molar-refractivity contribution in [3.63, 3.8) is 0 Å². The largest absolute Gasteiger partial charge is 0.496 e. The van der Waals surface area contributed by atoms with Crippen LogP contribution < -0.4 is 4.74 Å². The van der Waals surface area contributed by atoms with Crippen LogP contribution in [0, 0.1) is 0 Å². The molecule has 0 aromatic heterocycles. The Morgan fingerprint density at radius 2 is 2.27 bits per heavy atom. The first-order valence-electron chi connectivity index (χ1n) is 4.68. The van der Waals surface area contributed by atoms with Gasteiger partial charge in [0.1, 0.15) is 5.75 Å². The van der Waals surface area contributed by atoms with E-state index in [1.807, 2.05) is 31.2 Å². The Labute approximate surface area is 89.0 Å². The standard InChI is InChI=1S/C12H14O3/c1-3-4-9-5-6-10(8-12(13)14)11(7-9)15-2/h3-7H,8H2,1-2H3,(H,13,14)/b4-3-. The Kier molecular flexibility index (Phi) is 3.92. The molecular weight excluding hydrogens is 192 g/mol. The van der Waals surface area contributed by atoms with Gasteiger partial charge < -0.3 is 9.84 Å². The second kappa shape index (κ2) is 5.20. The van der Waals surface area contributed by atoms with Crippen molar-refractivity contribution < 1.29 is 14.6 Å². The maximum atomic E-state index is 10.6. The summed E-state index contributed by atoms with van der Waals surface area (Å²) in [6, 6.07) is 5.49. The Morgan fingerprint density at radius 3 is 2.80 bits per heavy atom. The van der Waals surface area contributed by atoms with Crippen LogP contribution in [0.15, 0.2) is 24.3 Å². The van der Waals surface area contributed by atoms with Crippen LogP contribution in [0.1, 0.15) is 18.1 Å². The highest BCUT2D eigenvalue weighted by Gasteiger charge is 2.07. The van der Waals surface area contributed by atoms with E-state index in [9.17, 15) is 4.79 Å². The molecule has 0 spiro atoms. The van der Waals surface area contributed by atoms with Gasteiger partial charge in [0.15, 0.2) is 0 Å². The number of benzene rings is 1. The van der Waals surface area contributed by atoms with Gasteiger partial charge in [0.25, 0.3) is 0 Å². The summed E-state index contributed by atoms with van der Waals surface area (Å²) in [4.78, 5) is 10.6. The quantitative estimate of drug-likeness (QED) is 0.822. The first-order chi connectivity index (χ1) is 7.17. The average Bonchev–Trinajstić information content (AvgIpc) is 2.20. The maximum Gasteiger partial charge on any atom is 0.307 e. The van der Waals surface area contributed by atoms with Gasteiger partial charge in [0, 0.05) is 5.56 Å². The van der Waals surface area contributed by atoms with E-state index in [4.69, 9.17) is 9.84 Å². The lowest BCUT2D eigenvalue weighted by Crippen LogP contribution is -2.02. The average molecular weight is 206 g/mol. The van der Waals surface area contributed by atoms with Crippen molar-refractivity contribution in [3.05, 3.63) is 35.4 Å². The van der Waals surface area contributed by atoms with Gasteiger partial charge in [-0.3, -0.25) is 4.79 Å². The molecule has 3 heteroatoms. The van der Waals surface area contributed by atoms with Crippen molar-refractivity contribution in [1.29, 1.82) is 0 Å². The minimum absolute atomic E-state index is 0.0146. The molecule has 0 aliphatic rings. The number of hydrogen-bond acceptors (Lipinski definition) is 2. The molecule has 0 atom stereocenters. The summed E-state index contributed by atoms with van der Waals surface area (Å²) in [6.07, 6.45) is 3.85. The van der Waals surface area contributed by atoms with Crippen LogP contribution in [-0.2, 0) is 11.2 Å². The number of carboxylic acids is 1. The molecule has 0 heterocycles. The molecule has 80 valence electrons. The highest BCUT2D eigenvalue weighted by atomic mass is 16.5. The van der Waals surface area contributed by atoms with Gasteiger partial charge >= 0.3 is 5.97 Å². The third kappa shape index (κ3) is 3.13. The first-order valence-corrected chi connectivity index (χ1v) is 4.68. The van der Waals surface area contributed by atoms with E-state index in [1.54, 1.807) is 13.2 Å². The molecule has 0 bridgehead atoms. The molecule has 0 unspecified atom stereocenters. The van der Waals surface area contributed by atoms with Crippen molar-refractivity contribution in [3.8, 4) is 5.75 Å². The normalized spacial score (nSPS) is 10.5. The number of carbonyl (C=O) groups is 1. The molecule has 0 radical (unpaired) electrons. The monoisotopic (exact) mass is 206 g/mol. The molecular formula is C12H14O3. The Balaban J connectivity index is 3.03. The lowest BCUT2D eigenvalue weighted by atomic mass is 10.1. The predicted octanol–water partition coefficient (Wildman–Crippen LogP) is 2.36. The van der Waals surface area contributed by atoms with Crippen LogP contribution in [-0.4, -0.2) is 18.2 Å². The third-order valence-corrected chi connectivity index (χ3v) is 2.01. The fourth-order valence-corrected chi connectivity index (χ4v) is 1.37. The number of carboxylic acid groups (broad SMARTS) is 1. The molecule has 3 nitrogen and oxygen atoms in total. The summed E-state index contributed by atoms with van der Waals surface area (Å²) >= 11 is 0. The van der Waals surface area contributed by atoms with Gasteiger partial charge in [-0.15, -0.1) is 0 Å². The highest BCUT2D eigenvalue weighted by Crippen LogP contribution is 2.21. The molecule has 1 aromatic rings. The molecule has 1 aromatic carbocycles. The number of methoxy groups -OCH3 is 1. The molecule has 0 aliphatic carbocycles. The Hall–Kier alpha value is -1.77. The second-order valence-corrected chi connectivity index (χ2v) is 3.14. The van der Waals surface area contributed by atoms with E-state index < -0.39 is 5.97 Å². The highest BCUT2D eigenvalue weighted by molar-refractivity contribution is 5.71. The summed E-state index contributed by atoms with van der Waals surface area (Å²) in [5.74, 6) is -0.236. The minimum atomic E-state index is -0.855. The molecule has 0 saturated carbocycles. The summed E-state index contributed by atoms with van der Waals surface area (Å²) in [5, 5.41) is 8.69. The maximum absolute atomic E-state index is 10.6. The van der Waals surface area contributed by atoms with Gasteiger partial charge in [0.05, 0.1) is 13.5 Å². The fraction of sp³-hybridized carbons (Fsp3) is 0.250. The molecule has 1 N–H and O–H groups in total. The van der Waals surface area contributed by atoms with Crippen LogP contribution in [0.2, 0.25) is 0 Å². The Bertz CT molecular complexity index is 380. The van der Waals surface area contributed by atoms with Crippen LogP contribution >= 0.6 is 0 Å². The van der Waals surface area contributed by atoms with Gasteiger partial charge in [-0.1, -0.05) is 24.3 Å². The number of allylic oxidation sites excluding steroid dienone is 1. The Morgan fingerprint density at radius 1 is 1.53 bits per heavy atom. The number of rotatable bonds is 4. The summed E-state index contributed by atoms with van der Waals surface area (Å²) in [7, 11) is 1.54. The molecule has 0 amide bonds. The van der Waals surface area contributed by atoms with Crippen LogP contribution in [0.3, 0.4) is 0 Å². The van der Waals surface area contributed by atoms with E-state index in [0.717, 1.165) is 5.56 Å². The van der Waals surface area contributed by atoms with Crippen molar-refractivity contribution in [1.82, 2.24) is 0 Å². The smallest absolute Gasteiger partial charge is 0.307 e. The lowest BCUT2D eigenvalue weighted by Gasteiger charge is -2.07. The fourth-order valence-electron chi connectivity index (χ4n) is 1.37. The van der Waals surface area contributed by atoms with Crippen molar-refractivity contribution in [2.45, 2.75) is 13.3 Å². The van der Waals surface area contributed by atoms with Crippen molar-refractivity contribution in [2.75, 3.05) is 7.11 Å². The predicted molar refractivity (Wildman–Crippen MR) is 59.0 cm³/mol. The topological polar surface area (TPSA) is 46.5 Å². The molecule has 15 heavy (non-hydrogen) atoms. The number of ether oxygens (including phenoxy) is 1. The van der Waals surface area contributed by atoms with Crippen LogP contribution in [0.25, 0.3) is 6.08 Å². The zero-order chi connectivity index (χ0) is 11.3. The van der Waals surface area contributed by atoms with E-state index in [2.05, 4.69) is 0 Å². The zero-order valence-corrected chi connectivity index (χ0v) is 8.86. The molecule has 0 aliphatic heterocycles.